The van der Waals surface area contributed by atoms with Crippen LogP contribution in [0.25, 0.3) is 33.9 Å². The molecule has 0 bridgehead atoms. The quantitative estimate of drug-likeness (QED) is 0.432. The maximum absolute atomic E-state index is 11.2. The number of aromatic nitrogens is 2. The van der Waals surface area contributed by atoms with E-state index < -0.39 is 5.97 Å². The van der Waals surface area contributed by atoms with Gasteiger partial charge in [0.05, 0.1) is 29.5 Å². The zero-order valence-electron chi connectivity index (χ0n) is 17.0. The van der Waals surface area contributed by atoms with Crippen molar-refractivity contribution in [3.8, 4) is 22.9 Å². The van der Waals surface area contributed by atoms with Crippen molar-refractivity contribution in [3.63, 3.8) is 0 Å². The van der Waals surface area contributed by atoms with E-state index in [1.165, 1.54) is 0 Å². The lowest BCUT2D eigenvalue weighted by molar-refractivity contribution is -0.143. The summed E-state index contributed by atoms with van der Waals surface area (Å²) in [5.74, 6) is 0.172. The molecule has 1 aromatic carbocycles. The number of carboxylic acid groups (broad SMARTS) is 1. The number of aliphatic carboxylic acids is 1. The molecule has 0 amide bonds. The first kappa shape index (κ1) is 20.2. The lowest BCUT2D eigenvalue weighted by atomic mass is 9.97. The van der Waals surface area contributed by atoms with Crippen molar-refractivity contribution in [1.82, 2.24) is 14.9 Å². The Morgan fingerprint density at radius 1 is 1.00 bits per heavy atom. The highest BCUT2D eigenvalue weighted by atomic mass is 32.1. The van der Waals surface area contributed by atoms with Crippen molar-refractivity contribution < 1.29 is 18.7 Å². The number of carboxylic acids is 1. The summed E-state index contributed by atoms with van der Waals surface area (Å²) in [7, 11) is 0. The molecule has 0 saturated carbocycles. The third-order valence-corrected chi connectivity index (χ3v) is 5.92. The summed E-state index contributed by atoms with van der Waals surface area (Å²) in [5.41, 5.74) is 3.38. The monoisotopic (exact) mass is 448 g/mol. The van der Waals surface area contributed by atoms with Crippen molar-refractivity contribution in [2.24, 2.45) is 5.92 Å². The average molecular weight is 449 g/mol. The van der Waals surface area contributed by atoms with E-state index in [0.29, 0.717) is 65.0 Å². The summed E-state index contributed by atoms with van der Waals surface area (Å²) in [6.07, 6.45) is 4.36. The molecule has 1 fully saturated rings. The van der Waals surface area contributed by atoms with Gasteiger partial charge in [-0.25, -0.2) is 9.97 Å². The maximum atomic E-state index is 11.2. The number of anilines is 1. The molecule has 0 spiro atoms. The number of piperidine rings is 1. The standard InChI is InChI=1S/C23H20N4O4S/c28-22(29)14-7-9-27(10-8-14)23(32)24-15-5-6-16-17(13-15)26-21(19-4-2-12-31-19)20(25-16)18-3-1-11-30-18/h1-6,11-14H,7-10H2,(H,24,32)(H,28,29). The van der Waals surface area contributed by atoms with Gasteiger partial charge in [-0.15, -0.1) is 0 Å². The maximum Gasteiger partial charge on any atom is 0.306 e. The van der Waals surface area contributed by atoms with Crippen LogP contribution in [0.2, 0.25) is 0 Å². The van der Waals surface area contributed by atoms with Crippen molar-refractivity contribution in [2.75, 3.05) is 18.4 Å². The molecule has 3 aromatic heterocycles. The summed E-state index contributed by atoms with van der Waals surface area (Å²) < 4.78 is 11.1. The summed E-state index contributed by atoms with van der Waals surface area (Å²) in [6.45, 7) is 1.23. The van der Waals surface area contributed by atoms with Crippen molar-refractivity contribution in [3.05, 3.63) is 55.0 Å². The fourth-order valence-corrected chi connectivity index (χ4v) is 4.13. The molecule has 162 valence electrons. The highest BCUT2D eigenvalue weighted by molar-refractivity contribution is 7.80. The van der Waals surface area contributed by atoms with Gasteiger partial charge < -0.3 is 24.2 Å². The topological polar surface area (TPSA) is 105 Å². The van der Waals surface area contributed by atoms with Gasteiger partial charge in [-0.2, -0.15) is 0 Å². The molecule has 0 unspecified atom stereocenters. The number of benzene rings is 1. The number of hydrogen-bond donors (Lipinski definition) is 2. The summed E-state index contributed by atoms with van der Waals surface area (Å²) >= 11 is 5.55. The lowest BCUT2D eigenvalue weighted by Gasteiger charge is -2.32. The molecule has 4 aromatic rings. The van der Waals surface area contributed by atoms with Gasteiger partial charge in [-0.3, -0.25) is 4.79 Å². The van der Waals surface area contributed by atoms with Crippen LogP contribution >= 0.6 is 12.2 Å². The first-order valence-corrected chi connectivity index (χ1v) is 10.7. The van der Waals surface area contributed by atoms with Gasteiger partial charge in [0, 0.05) is 18.8 Å². The molecular weight excluding hydrogens is 428 g/mol. The number of furan rings is 2. The molecule has 0 radical (unpaired) electrons. The Labute approximate surface area is 188 Å². The Balaban J connectivity index is 1.42. The van der Waals surface area contributed by atoms with Crippen LogP contribution in [0, 0.1) is 5.92 Å². The van der Waals surface area contributed by atoms with E-state index in [-0.39, 0.29) is 5.92 Å². The van der Waals surface area contributed by atoms with E-state index in [1.54, 1.807) is 24.7 Å². The first-order valence-electron chi connectivity index (χ1n) is 10.3. The van der Waals surface area contributed by atoms with Crippen molar-refractivity contribution in [2.45, 2.75) is 12.8 Å². The van der Waals surface area contributed by atoms with Crippen LogP contribution in [-0.4, -0.2) is 44.1 Å². The van der Waals surface area contributed by atoms with E-state index in [0.717, 1.165) is 5.69 Å². The van der Waals surface area contributed by atoms with Crippen molar-refractivity contribution >= 4 is 40.0 Å². The number of thiocarbonyl (C=S) groups is 1. The van der Waals surface area contributed by atoms with Gasteiger partial charge in [0.2, 0.25) is 0 Å². The van der Waals surface area contributed by atoms with Gasteiger partial charge in [0.1, 0.15) is 11.4 Å². The second-order valence-electron chi connectivity index (χ2n) is 7.61. The van der Waals surface area contributed by atoms with E-state index in [1.807, 2.05) is 35.2 Å². The third kappa shape index (κ3) is 3.94. The Morgan fingerprint density at radius 3 is 2.19 bits per heavy atom. The van der Waals surface area contributed by atoms with E-state index in [4.69, 9.17) is 31.0 Å². The highest BCUT2D eigenvalue weighted by Crippen LogP contribution is 2.32. The fraction of sp³-hybridized carbons (Fsp3) is 0.217. The van der Waals surface area contributed by atoms with Crippen LogP contribution in [0.1, 0.15) is 12.8 Å². The molecule has 9 heteroatoms. The number of fused-ring (bicyclic) bond motifs is 1. The zero-order valence-corrected chi connectivity index (χ0v) is 17.8. The summed E-state index contributed by atoms with van der Waals surface area (Å²) in [5, 5.41) is 13.0. The number of nitrogens with one attached hydrogen (secondary N) is 1. The first-order chi connectivity index (χ1) is 15.6. The Kier molecular flexibility index (Phi) is 5.32. The smallest absolute Gasteiger partial charge is 0.306 e. The summed E-state index contributed by atoms with van der Waals surface area (Å²) in [6, 6.07) is 12.9. The number of nitrogens with zero attached hydrogens (tertiary/aromatic N) is 3. The highest BCUT2D eigenvalue weighted by Gasteiger charge is 2.25. The summed E-state index contributed by atoms with van der Waals surface area (Å²) in [4.78, 5) is 22.7. The number of rotatable bonds is 4. The van der Waals surface area contributed by atoms with E-state index >= 15 is 0 Å². The van der Waals surface area contributed by atoms with Crippen LogP contribution in [0.15, 0.2) is 63.8 Å². The number of carbonyl (C=O) groups is 1. The van der Waals surface area contributed by atoms with Crippen LogP contribution in [-0.2, 0) is 4.79 Å². The molecule has 8 nitrogen and oxygen atoms in total. The number of likely N-dealkylation sites (tertiary alicyclic amines) is 1. The van der Waals surface area contributed by atoms with E-state index in [2.05, 4.69) is 5.32 Å². The molecule has 1 saturated heterocycles. The molecule has 4 heterocycles. The van der Waals surface area contributed by atoms with Gasteiger partial charge in [-0.05, 0) is 67.5 Å². The minimum Gasteiger partial charge on any atom is -0.481 e. The number of hydrogen-bond acceptors (Lipinski definition) is 6. The SMILES string of the molecule is O=C(O)C1CCN(C(=S)Nc2ccc3nc(-c4ccco4)c(-c4ccco4)nc3c2)CC1. The normalized spacial score (nSPS) is 14.6. The predicted octanol–water partition coefficient (Wildman–Crippen LogP) is 4.64. The molecule has 2 N–H and O–H groups in total. The molecule has 1 aliphatic rings. The molecule has 0 atom stereocenters. The minimum atomic E-state index is -0.738. The zero-order chi connectivity index (χ0) is 22.1. The lowest BCUT2D eigenvalue weighted by Crippen LogP contribution is -2.42. The van der Waals surface area contributed by atoms with Crippen LogP contribution in [0.3, 0.4) is 0 Å². The second-order valence-corrected chi connectivity index (χ2v) is 8.00. The van der Waals surface area contributed by atoms with Crippen LogP contribution < -0.4 is 5.32 Å². The fourth-order valence-electron chi connectivity index (χ4n) is 3.83. The van der Waals surface area contributed by atoms with Crippen molar-refractivity contribution in [1.29, 1.82) is 0 Å². The molecule has 1 aliphatic heterocycles. The third-order valence-electron chi connectivity index (χ3n) is 5.56. The molecule has 0 aliphatic carbocycles. The van der Waals surface area contributed by atoms with Gasteiger partial charge in [-0.1, -0.05) is 0 Å². The molecular formula is C23H20N4O4S. The van der Waals surface area contributed by atoms with Gasteiger partial charge in [0.25, 0.3) is 0 Å². The molecule has 5 rings (SSSR count). The largest absolute Gasteiger partial charge is 0.481 e. The van der Waals surface area contributed by atoms with E-state index in [9.17, 15) is 9.90 Å². The van der Waals surface area contributed by atoms with Crippen LogP contribution in [0.5, 0.6) is 0 Å². The Morgan fingerprint density at radius 2 is 1.62 bits per heavy atom. The van der Waals surface area contributed by atoms with Gasteiger partial charge >= 0.3 is 5.97 Å². The Bertz CT molecular complexity index is 1260. The Hall–Kier alpha value is -3.72. The second kappa shape index (κ2) is 8.43. The van der Waals surface area contributed by atoms with Crippen LogP contribution in [0.4, 0.5) is 5.69 Å². The molecule has 32 heavy (non-hydrogen) atoms. The average Bonchev–Trinajstić information content (AvgIpc) is 3.52. The van der Waals surface area contributed by atoms with Gasteiger partial charge in [0.15, 0.2) is 16.6 Å². The predicted molar refractivity (Wildman–Crippen MR) is 123 cm³/mol. The minimum absolute atomic E-state index is 0.298.